The Balaban J connectivity index is 1.56. The lowest BCUT2D eigenvalue weighted by molar-refractivity contribution is 0.194. The maximum atomic E-state index is 5.69. The van der Waals surface area contributed by atoms with Crippen LogP contribution in [0.2, 0.25) is 0 Å². The van der Waals surface area contributed by atoms with Gasteiger partial charge in [-0.1, -0.05) is 0 Å². The summed E-state index contributed by atoms with van der Waals surface area (Å²) in [6.07, 6.45) is 5.79. The lowest BCUT2D eigenvalue weighted by Gasteiger charge is -2.26. The molecule has 1 aliphatic heterocycles. The van der Waals surface area contributed by atoms with Gasteiger partial charge in [-0.15, -0.1) is 0 Å². The fraction of sp³-hybridized carbons (Fsp3) is 0.562. The van der Waals surface area contributed by atoms with Crippen LogP contribution in [-0.2, 0) is 26.2 Å². The first-order chi connectivity index (χ1) is 9.99. The first-order valence-corrected chi connectivity index (χ1v) is 7.53. The van der Waals surface area contributed by atoms with Crippen LogP contribution in [0.3, 0.4) is 0 Å². The van der Waals surface area contributed by atoms with Crippen molar-refractivity contribution in [2.24, 2.45) is 0 Å². The summed E-state index contributed by atoms with van der Waals surface area (Å²) in [7, 11) is 0. The molecule has 0 spiro atoms. The highest BCUT2D eigenvalue weighted by atomic mass is 16.3. The molecule has 114 valence electrons. The Labute approximate surface area is 126 Å². The summed E-state index contributed by atoms with van der Waals surface area (Å²) in [6, 6.07) is 2.15. The molecule has 2 aromatic heterocycles. The lowest BCUT2D eigenvalue weighted by atomic mass is 10.1. The second kappa shape index (κ2) is 5.66. The van der Waals surface area contributed by atoms with Crippen molar-refractivity contribution in [3.8, 4) is 0 Å². The molecule has 0 aliphatic carbocycles. The quantitative estimate of drug-likeness (QED) is 0.938. The van der Waals surface area contributed by atoms with Gasteiger partial charge < -0.3 is 14.3 Å². The molecule has 0 saturated carbocycles. The van der Waals surface area contributed by atoms with Crippen LogP contribution in [0.1, 0.15) is 37.9 Å². The van der Waals surface area contributed by atoms with E-state index in [1.165, 1.54) is 5.56 Å². The van der Waals surface area contributed by atoms with Gasteiger partial charge in [0.25, 0.3) is 0 Å². The predicted octanol–water partition coefficient (Wildman–Crippen LogP) is 2.38. The van der Waals surface area contributed by atoms with Crippen molar-refractivity contribution in [1.82, 2.24) is 19.8 Å². The monoisotopic (exact) mass is 288 g/mol. The molecule has 1 aliphatic rings. The van der Waals surface area contributed by atoms with Gasteiger partial charge in [0.1, 0.15) is 11.6 Å². The fourth-order valence-electron chi connectivity index (χ4n) is 2.55. The summed E-state index contributed by atoms with van der Waals surface area (Å²) in [5.74, 6) is 2.17. The van der Waals surface area contributed by atoms with Gasteiger partial charge in [-0.2, -0.15) is 0 Å². The van der Waals surface area contributed by atoms with E-state index in [0.29, 0.717) is 0 Å². The van der Waals surface area contributed by atoms with Crippen molar-refractivity contribution in [3.63, 3.8) is 0 Å². The minimum Gasteiger partial charge on any atom is -0.468 e. The van der Waals surface area contributed by atoms with Crippen molar-refractivity contribution in [2.45, 2.75) is 52.5 Å². The zero-order chi connectivity index (χ0) is 14.9. The topological polar surface area (TPSA) is 46.2 Å². The largest absolute Gasteiger partial charge is 0.468 e. The molecule has 0 fully saturated rings. The van der Waals surface area contributed by atoms with Gasteiger partial charge >= 0.3 is 0 Å². The summed E-state index contributed by atoms with van der Waals surface area (Å²) in [4.78, 5) is 6.77. The Morgan fingerprint density at radius 2 is 2.19 bits per heavy atom. The molecule has 3 rings (SSSR count). The third kappa shape index (κ3) is 3.74. The SMILES string of the molecule is CC(C)(C)NCc1coc(CN2CCn3ccnc3C2)c1. The number of fused-ring (bicyclic) bond motifs is 1. The number of aromatic nitrogens is 2. The molecule has 2 aromatic rings. The van der Waals surface area contributed by atoms with Crippen LogP contribution in [-0.4, -0.2) is 26.5 Å². The molecule has 5 nitrogen and oxygen atoms in total. The van der Waals surface area contributed by atoms with Crippen LogP contribution in [0.5, 0.6) is 0 Å². The van der Waals surface area contributed by atoms with Gasteiger partial charge in [-0.25, -0.2) is 4.98 Å². The Hall–Kier alpha value is -1.59. The molecule has 0 radical (unpaired) electrons. The van der Waals surface area contributed by atoms with Crippen molar-refractivity contribution in [2.75, 3.05) is 6.54 Å². The second-order valence-electron chi connectivity index (χ2n) is 6.77. The van der Waals surface area contributed by atoms with E-state index in [4.69, 9.17) is 4.42 Å². The van der Waals surface area contributed by atoms with Crippen LogP contribution in [0.4, 0.5) is 0 Å². The number of furan rings is 1. The zero-order valence-electron chi connectivity index (χ0n) is 13.1. The number of imidazole rings is 1. The van der Waals surface area contributed by atoms with Crippen molar-refractivity contribution in [1.29, 1.82) is 0 Å². The fourth-order valence-corrected chi connectivity index (χ4v) is 2.55. The number of nitrogens with one attached hydrogen (secondary N) is 1. The third-order valence-corrected chi connectivity index (χ3v) is 3.73. The highest BCUT2D eigenvalue weighted by molar-refractivity contribution is 5.13. The van der Waals surface area contributed by atoms with E-state index < -0.39 is 0 Å². The van der Waals surface area contributed by atoms with Gasteiger partial charge in [0.15, 0.2) is 0 Å². The summed E-state index contributed by atoms with van der Waals surface area (Å²) in [5.41, 5.74) is 1.33. The summed E-state index contributed by atoms with van der Waals surface area (Å²) in [6.45, 7) is 11.1. The van der Waals surface area contributed by atoms with E-state index in [1.54, 1.807) is 0 Å². The molecule has 5 heteroatoms. The second-order valence-corrected chi connectivity index (χ2v) is 6.77. The van der Waals surface area contributed by atoms with Gasteiger partial charge in [-0.3, -0.25) is 4.90 Å². The molecule has 0 amide bonds. The third-order valence-electron chi connectivity index (χ3n) is 3.73. The van der Waals surface area contributed by atoms with Crippen LogP contribution in [0, 0.1) is 0 Å². The average molecular weight is 288 g/mol. The van der Waals surface area contributed by atoms with Crippen LogP contribution in [0.25, 0.3) is 0 Å². The highest BCUT2D eigenvalue weighted by Gasteiger charge is 2.18. The average Bonchev–Trinajstić information content (AvgIpc) is 3.04. The van der Waals surface area contributed by atoms with Crippen molar-refractivity contribution < 1.29 is 4.42 Å². The van der Waals surface area contributed by atoms with Crippen molar-refractivity contribution >= 4 is 0 Å². The van der Waals surface area contributed by atoms with Crippen LogP contribution < -0.4 is 5.32 Å². The zero-order valence-corrected chi connectivity index (χ0v) is 13.1. The molecule has 21 heavy (non-hydrogen) atoms. The lowest BCUT2D eigenvalue weighted by Crippen LogP contribution is -2.34. The van der Waals surface area contributed by atoms with E-state index in [0.717, 1.165) is 44.3 Å². The van der Waals surface area contributed by atoms with Crippen LogP contribution in [0.15, 0.2) is 29.1 Å². The number of nitrogens with zero attached hydrogens (tertiary/aromatic N) is 3. The normalized spacial score (nSPS) is 16.1. The number of rotatable bonds is 4. The maximum absolute atomic E-state index is 5.69. The van der Waals surface area contributed by atoms with Gasteiger partial charge in [0.05, 0.1) is 19.4 Å². The summed E-state index contributed by atoms with van der Waals surface area (Å²) in [5, 5.41) is 3.48. The number of hydrogen-bond donors (Lipinski definition) is 1. The van der Waals surface area contributed by atoms with Crippen molar-refractivity contribution in [3.05, 3.63) is 41.9 Å². The van der Waals surface area contributed by atoms with E-state index in [2.05, 4.69) is 52.8 Å². The summed E-state index contributed by atoms with van der Waals surface area (Å²) >= 11 is 0. The van der Waals surface area contributed by atoms with E-state index in [1.807, 2.05) is 12.5 Å². The maximum Gasteiger partial charge on any atom is 0.122 e. The standard InChI is InChI=1S/C16H24N4O/c1-16(2,3)18-9-13-8-14(21-12-13)10-19-6-7-20-5-4-17-15(20)11-19/h4-5,8,12,18H,6-7,9-11H2,1-3H3. The predicted molar refractivity (Wildman–Crippen MR) is 81.6 cm³/mol. The first kappa shape index (κ1) is 14.4. The van der Waals surface area contributed by atoms with Crippen LogP contribution >= 0.6 is 0 Å². The van der Waals surface area contributed by atoms with Gasteiger partial charge in [-0.05, 0) is 26.8 Å². The molecular weight excluding hydrogens is 264 g/mol. The van der Waals surface area contributed by atoms with E-state index in [-0.39, 0.29) is 5.54 Å². The highest BCUT2D eigenvalue weighted by Crippen LogP contribution is 2.16. The molecule has 0 unspecified atom stereocenters. The minimum absolute atomic E-state index is 0.126. The molecule has 0 saturated heterocycles. The minimum atomic E-state index is 0.126. The summed E-state index contributed by atoms with van der Waals surface area (Å²) < 4.78 is 7.91. The Kier molecular flexibility index (Phi) is 3.87. The Bertz CT molecular complexity index is 593. The van der Waals surface area contributed by atoms with E-state index >= 15 is 0 Å². The number of hydrogen-bond acceptors (Lipinski definition) is 4. The Morgan fingerprint density at radius 3 is 3.00 bits per heavy atom. The smallest absolute Gasteiger partial charge is 0.122 e. The molecule has 0 bridgehead atoms. The van der Waals surface area contributed by atoms with E-state index in [9.17, 15) is 0 Å². The Morgan fingerprint density at radius 1 is 1.33 bits per heavy atom. The molecule has 3 heterocycles. The molecular formula is C16H24N4O. The van der Waals surface area contributed by atoms with Gasteiger partial charge in [0.2, 0.25) is 0 Å². The first-order valence-electron chi connectivity index (χ1n) is 7.53. The van der Waals surface area contributed by atoms with Gasteiger partial charge in [0, 0.05) is 43.1 Å². The molecule has 1 N–H and O–H groups in total. The molecule has 0 atom stereocenters. The molecule has 0 aromatic carbocycles.